The Morgan fingerprint density at radius 1 is 1.23 bits per heavy atom. The van der Waals surface area contributed by atoms with Crippen molar-refractivity contribution in [2.75, 3.05) is 19.0 Å². The van der Waals surface area contributed by atoms with Gasteiger partial charge in [-0.25, -0.2) is 13.4 Å². The Hall–Kier alpha value is -2.45. The summed E-state index contributed by atoms with van der Waals surface area (Å²) >= 11 is 0. The number of aromatic nitrogens is 1. The van der Waals surface area contributed by atoms with Crippen molar-refractivity contribution in [3.05, 3.63) is 48.2 Å². The number of pyridine rings is 1. The number of amides is 1. The molecule has 0 radical (unpaired) electrons. The molecule has 8 heteroatoms. The van der Waals surface area contributed by atoms with Gasteiger partial charge >= 0.3 is 0 Å². The van der Waals surface area contributed by atoms with Crippen LogP contribution in [0.25, 0.3) is 0 Å². The Bertz CT molecular complexity index is 880. The molecule has 1 aliphatic heterocycles. The van der Waals surface area contributed by atoms with Crippen molar-refractivity contribution in [3.8, 4) is 5.88 Å². The lowest BCUT2D eigenvalue weighted by atomic mass is 10.2. The van der Waals surface area contributed by atoms with Gasteiger partial charge in [0.1, 0.15) is 6.04 Å². The van der Waals surface area contributed by atoms with Gasteiger partial charge in [0.15, 0.2) is 0 Å². The van der Waals surface area contributed by atoms with E-state index in [1.54, 1.807) is 36.4 Å². The van der Waals surface area contributed by atoms with Gasteiger partial charge in [0.05, 0.1) is 23.9 Å². The van der Waals surface area contributed by atoms with Gasteiger partial charge in [-0.2, -0.15) is 4.31 Å². The third-order valence-electron chi connectivity index (χ3n) is 4.35. The fourth-order valence-corrected chi connectivity index (χ4v) is 4.59. The number of nitrogens with zero attached hydrogens (tertiary/aromatic N) is 2. The molecule has 0 saturated carbocycles. The van der Waals surface area contributed by atoms with E-state index < -0.39 is 16.1 Å². The van der Waals surface area contributed by atoms with E-state index in [-0.39, 0.29) is 10.8 Å². The first-order valence-electron chi connectivity index (χ1n) is 8.31. The number of sulfonamides is 1. The zero-order valence-corrected chi connectivity index (χ0v) is 15.5. The van der Waals surface area contributed by atoms with Crippen molar-refractivity contribution < 1.29 is 17.9 Å². The number of carbonyl (C=O) groups excluding carboxylic acids is 1. The van der Waals surface area contributed by atoms with E-state index >= 15 is 0 Å². The molecule has 138 valence electrons. The number of nitrogens with one attached hydrogen (secondary N) is 1. The number of benzene rings is 1. The molecule has 1 atom stereocenters. The predicted molar refractivity (Wildman–Crippen MR) is 97.5 cm³/mol. The number of hydrogen-bond acceptors (Lipinski definition) is 5. The van der Waals surface area contributed by atoms with Crippen LogP contribution in [0.3, 0.4) is 0 Å². The molecule has 0 unspecified atom stereocenters. The molecule has 2 heterocycles. The normalized spacial score (nSPS) is 17.8. The van der Waals surface area contributed by atoms with Crippen LogP contribution in [0.5, 0.6) is 5.88 Å². The van der Waals surface area contributed by atoms with Crippen molar-refractivity contribution in [1.29, 1.82) is 0 Å². The molecular weight excluding hydrogens is 354 g/mol. The van der Waals surface area contributed by atoms with E-state index in [0.717, 1.165) is 5.56 Å². The first-order chi connectivity index (χ1) is 12.4. The van der Waals surface area contributed by atoms with Gasteiger partial charge < -0.3 is 10.1 Å². The fraction of sp³-hybridized carbons (Fsp3) is 0.333. The van der Waals surface area contributed by atoms with Crippen LogP contribution in [-0.4, -0.2) is 43.3 Å². The highest BCUT2D eigenvalue weighted by Crippen LogP contribution is 2.27. The van der Waals surface area contributed by atoms with Crippen molar-refractivity contribution >= 4 is 21.6 Å². The van der Waals surface area contributed by atoms with E-state index in [0.29, 0.717) is 31.0 Å². The summed E-state index contributed by atoms with van der Waals surface area (Å²) in [5.74, 6) is 0.0811. The highest BCUT2D eigenvalue weighted by Gasteiger charge is 2.39. The molecule has 1 aliphatic rings. The summed E-state index contributed by atoms with van der Waals surface area (Å²) in [5, 5.41) is 2.73. The summed E-state index contributed by atoms with van der Waals surface area (Å²) in [6.07, 6.45) is 2.61. The van der Waals surface area contributed by atoms with Crippen molar-refractivity contribution in [2.24, 2.45) is 0 Å². The number of hydrogen-bond donors (Lipinski definition) is 1. The summed E-state index contributed by atoms with van der Waals surface area (Å²) in [4.78, 5) is 16.9. The second-order valence-electron chi connectivity index (χ2n) is 6.17. The minimum Gasteiger partial charge on any atom is -0.481 e. The molecule has 1 amide bonds. The maximum absolute atomic E-state index is 12.9. The fourth-order valence-electron chi connectivity index (χ4n) is 2.94. The quantitative estimate of drug-likeness (QED) is 0.865. The zero-order chi connectivity index (χ0) is 18.7. The Balaban J connectivity index is 1.78. The molecule has 1 aromatic carbocycles. The smallest absolute Gasteiger partial charge is 0.243 e. The number of anilines is 1. The van der Waals surface area contributed by atoms with E-state index in [4.69, 9.17) is 4.74 Å². The summed E-state index contributed by atoms with van der Waals surface area (Å²) < 4.78 is 32.1. The Labute approximate surface area is 153 Å². The lowest BCUT2D eigenvalue weighted by molar-refractivity contribution is -0.119. The summed E-state index contributed by atoms with van der Waals surface area (Å²) in [6, 6.07) is 9.21. The number of aryl methyl sites for hydroxylation is 1. The van der Waals surface area contributed by atoms with E-state index in [1.807, 2.05) is 6.92 Å². The number of ether oxygens (including phenoxy) is 1. The summed E-state index contributed by atoms with van der Waals surface area (Å²) in [6.45, 7) is 2.22. The lowest BCUT2D eigenvalue weighted by Crippen LogP contribution is -2.43. The molecule has 0 bridgehead atoms. The van der Waals surface area contributed by atoms with Crippen molar-refractivity contribution in [2.45, 2.75) is 30.7 Å². The van der Waals surface area contributed by atoms with E-state index in [9.17, 15) is 13.2 Å². The summed E-state index contributed by atoms with van der Waals surface area (Å²) in [7, 11) is -2.21. The van der Waals surface area contributed by atoms with E-state index in [1.165, 1.54) is 17.6 Å². The second kappa shape index (κ2) is 7.43. The number of carbonyl (C=O) groups is 1. The van der Waals surface area contributed by atoms with Gasteiger partial charge in [-0.1, -0.05) is 17.7 Å². The number of methoxy groups -OCH3 is 1. The molecule has 1 N–H and O–H groups in total. The molecule has 0 aliphatic carbocycles. The van der Waals surface area contributed by atoms with Crippen LogP contribution >= 0.6 is 0 Å². The third kappa shape index (κ3) is 3.71. The minimum atomic E-state index is -3.72. The molecule has 7 nitrogen and oxygen atoms in total. The predicted octanol–water partition coefficient (Wildman–Crippen LogP) is 2.19. The highest BCUT2D eigenvalue weighted by atomic mass is 32.2. The first-order valence-corrected chi connectivity index (χ1v) is 9.75. The van der Waals surface area contributed by atoms with Gasteiger partial charge in [0.25, 0.3) is 0 Å². The molecule has 3 rings (SSSR count). The largest absolute Gasteiger partial charge is 0.481 e. The van der Waals surface area contributed by atoms with Crippen LogP contribution in [0.4, 0.5) is 5.69 Å². The average molecular weight is 375 g/mol. The maximum atomic E-state index is 12.9. The van der Waals surface area contributed by atoms with E-state index in [2.05, 4.69) is 10.3 Å². The van der Waals surface area contributed by atoms with Crippen LogP contribution in [0.2, 0.25) is 0 Å². The van der Waals surface area contributed by atoms with Crippen LogP contribution in [0.15, 0.2) is 47.5 Å². The van der Waals surface area contributed by atoms with Crippen molar-refractivity contribution in [1.82, 2.24) is 9.29 Å². The van der Waals surface area contributed by atoms with Gasteiger partial charge in [0.2, 0.25) is 21.8 Å². The van der Waals surface area contributed by atoms with Gasteiger partial charge in [-0.3, -0.25) is 4.79 Å². The molecule has 1 aromatic heterocycles. The Morgan fingerprint density at radius 2 is 1.96 bits per heavy atom. The molecule has 2 aromatic rings. The first kappa shape index (κ1) is 18.3. The second-order valence-corrected chi connectivity index (χ2v) is 8.06. The monoisotopic (exact) mass is 375 g/mol. The zero-order valence-electron chi connectivity index (χ0n) is 14.7. The molecule has 0 spiro atoms. The van der Waals surface area contributed by atoms with Crippen molar-refractivity contribution in [3.63, 3.8) is 0 Å². The Kier molecular flexibility index (Phi) is 5.24. The van der Waals surface area contributed by atoms with Gasteiger partial charge in [-0.15, -0.1) is 0 Å². The molecular formula is C18H21N3O4S. The van der Waals surface area contributed by atoms with Crippen LogP contribution in [0.1, 0.15) is 18.4 Å². The summed E-state index contributed by atoms with van der Waals surface area (Å²) in [5.41, 5.74) is 1.47. The average Bonchev–Trinajstić information content (AvgIpc) is 3.13. The van der Waals surface area contributed by atoms with Crippen LogP contribution < -0.4 is 10.1 Å². The topological polar surface area (TPSA) is 88.6 Å². The van der Waals surface area contributed by atoms with Crippen LogP contribution in [0, 0.1) is 6.92 Å². The molecule has 26 heavy (non-hydrogen) atoms. The number of rotatable bonds is 5. The highest BCUT2D eigenvalue weighted by molar-refractivity contribution is 7.89. The lowest BCUT2D eigenvalue weighted by Gasteiger charge is -2.23. The molecule has 1 saturated heterocycles. The van der Waals surface area contributed by atoms with Gasteiger partial charge in [-0.05, 0) is 38.0 Å². The Morgan fingerprint density at radius 3 is 2.58 bits per heavy atom. The molecule has 1 fully saturated rings. The SMILES string of the molecule is COc1ccc(NC(=O)[C@@H]2CCCN2S(=O)(=O)c2ccc(C)cc2)cn1. The van der Waals surface area contributed by atoms with Gasteiger partial charge in [0, 0.05) is 12.6 Å². The third-order valence-corrected chi connectivity index (χ3v) is 6.27. The maximum Gasteiger partial charge on any atom is 0.243 e. The van der Waals surface area contributed by atoms with Crippen LogP contribution in [-0.2, 0) is 14.8 Å². The minimum absolute atomic E-state index is 0.203. The standard InChI is InChI=1S/C18H21N3O4S/c1-13-5-8-15(9-6-13)26(23,24)21-11-3-4-16(21)18(22)20-14-7-10-17(25-2)19-12-14/h5-10,12,16H,3-4,11H2,1-2H3,(H,20,22)/t16-/m0/s1.